The van der Waals surface area contributed by atoms with Crippen molar-refractivity contribution in [2.45, 2.75) is 45.3 Å². The Morgan fingerprint density at radius 3 is 2.53 bits per heavy atom. The zero-order valence-electron chi connectivity index (χ0n) is 10.9. The van der Waals surface area contributed by atoms with Gasteiger partial charge in [0, 0.05) is 16.2 Å². The molecular formula is C14H17BrF3N. The summed E-state index contributed by atoms with van der Waals surface area (Å²) in [5.41, 5.74) is -0.397. The highest BCUT2D eigenvalue weighted by molar-refractivity contribution is 9.10. The van der Waals surface area contributed by atoms with E-state index in [1.165, 1.54) is 12.1 Å². The van der Waals surface area contributed by atoms with E-state index in [1.807, 2.05) is 0 Å². The molecule has 2 rings (SSSR count). The van der Waals surface area contributed by atoms with Gasteiger partial charge in [-0.15, -0.1) is 0 Å². The normalized spacial score (nSPS) is 22.5. The number of alkyl halides is 3. The zero-order chi connectivity index (χ0) is 14.3. The van der Waals surface area contributed by atoms with E-state index in [9.17, 15) is 13.2 Å². The van der Waals surface area contributed by atoms with Gasteiger partial charge in [0.1, 0.15) is 0 Å². The van der Waals surface area contributed by atoms with Crippen LogP contribution >= 0.6 is 15.9 Å². The minimum atomic E-state index is -4.33. The molecule has 5 heteroatoms. The second-order valence-electron chi connectivity index (χ2n) is 5.77. The largest absolute Gasteiger partial charge is 0.418 e. The van der Waals surface area contributed by atoms with Gasteiger partial charge >= 0.3 is 6.18 Å². The minimum Gasteiger partial charge on any atom is -0.381 e. The average molecular weight is 336 g/mol. The first-order chi connectivity index (χ1) is 8.70. The third-order valence-corrected chi connectivity index (χ3v) is 4.37. The second-order valence-corrected chi connectivity index (χ2v) is 6.68. The van der Waals surface area contributed by atoms with Crippen LogP contribution in [0.15, 0.2) is 22.7 Å². The maximum atomic E-state index is 13.0. The Balaban J connectivity index is 2.31. The lowest BCUT2D eigenvalue weighted by atomic mass is 9.87. The molecule has 0 heterocycles. The molecule has 1 N–H and O–H groups in total. The standard InChI is InChI=1S/C14H17BrF3N/c1-13(2)7-3-4-12(13)19-11-8-9(15)5-6-10(11)14(16,17)18/h5-6,8,12,19H,3-4,7H2,1-2H3. The van der Waals surface area contributed by atoms with Gasteiger partial charge in [-0.3, -0.25) is 0 Å². The van der Waals surface area contributed by atoms with Gasteiger partial charge in [0.15, 0.2) is 0 Å². The summed E-state index contributed by atoms with van der Waals surface area (Å²) < 4.78 is 39.6. The number of anilines is 1. The Bertz CT molecular complexity index is 468. The average Bonchev–Trinajstić information content (AvgIpc) is 2.56. The molecular weight excluding hydrogens is 319 g/mol. The smallest absolute Gasteiger partial charge is 0.381 e. The fourth-order valence-electron chi connectivity index (χ4n) is 2.67. The summed E-state index contributed by atoms with van der Waals surface area (Å²) >= 11 is 3.23. The van der Waals surface area contributed by atoms with E-state index in [4.69, 9.17) is 0 Å². The van der Waals surface area contributed by atoms with Crippen LogP contribution in [0.2, 0.25) is 0 Å². The molecule has 1 aliphatic rings. The molecule has 0 bridgehead atoms. The summed E-state index contributed by atoms with van der Waals surface area (Å²) in [5.74, 6) is 0. The van der Waals surface area contributed by atoms with Crippen LogP contribution in [0.5, 0.6) is 0 Å². The van der Waals surface area contributed by atoms with Gasteiger partial charge < -0.3 is 5.32 Å². The van der Waals surface area contributed by atoms with Crippen molar-refractivity contribution in [1.82, 2.24) is 0 Å². The van der Waals surface area contributed by atoms with Crippen LogP contribution in [0.4, 0.5) is 18.9 Å². The van der Waals surface area contributed by atoms with Crippen LogP contribution in [-0.2, 0) is 6.18 Å². The van der Waals surface area contributed by atoms with Crippen LogP contribution in [0.3, 0.4) is 0 Å². The first kappa shape index (κ1) is 14.7. The highest BCUT2D eigenvalue weighted by Crippen LogP contribution is 2.42. The summed E-state index contributed by atoms with van der Waals surface area (Å²) in [5, 5.41) is 3.10. The highest BCUT2D eigenvalue weighted by Gasteiger charge is 2.38. The molecule has 1 aromatic rings. The zero-order valence-corrected chi connectivity index (χ0v) is 12.5. The van der Waals surface area contributed by atoms with Crippen LogP contribution in [-0.4, -0.2) is 6.04 Å². The number of nitrogens with one attached hydrogen (secondary N) is 1. The quantitative estimate of drug-likeness (QED) is 0.756. The molecule has 1 unspecified atom stereocenters. The van der Waals surface area contributed by atoms with Gasteiger partial charge in [-0.05, 0) is 36.5 Å². The summed E-state index contributed by atoms with van der Waals surface area (Å²) in [4.78, 5) is 0. The first-order valence-electron chi connectivity index (χ1n) is 6.33. The van der Waals surface area contributed by atoms with E-state index in [1.54, 1.807) is 0 Å². The molecule has 0 aliphatic heterocycles. The van der Waals surface area contributed by atoms with Gasteiger partial charge in [0.2, 0.25) is 0 Å². The van der Waals surface area contributed by atoms with E-state index in [0.717, 1.165) is 25.3 Å². The Hall–Kier alpha value is -0.710. The van der Waals surface area contributed by atoms with Crippen LogP contribution < -0.4 is 5.32 Å². The maximum absolute atomic E-state index is 13.0. The predicted molar refractivity (Wildman–Crippen MR) is 74.2 cm³/mol. The summed E-state index contributed by atoms with van der Waals surface area (Å²) in [6.45, 7) is 4.20. The van der Waals surface area contributed by atoms with E-state index >= 15 is 0 Å². The Labute approximate surface area is 119 Å². The van der Waals surface area contributed by atoms with Crippen molar-refractivity contribution in [3.63, 3.8) is 0 Å². The monoisotopic (exact) mass is 335 g/mol. The van der Waals surface area contributed by atoms with Crippen molar-refractivity contribution in [2.75, 3.05) is 5.32 Å². The molecule has 0 aromatic heterocycles. The predicted octanol–water partition coefficient (Wildman–Crippen LogP) is 5.46. The molecule has 0 spiro atoms. The van der Waals surface area contributed by atoms with E-state index in [-0.39, 0.29) is 17.1 Å². The summed E-state index contributed by atoms with van der Waals surface area (Å²) in [6, 6.07) is 4.14. The van der Waals surface area contributed by atoms with Gasteiger partial charge in [-0.2, -0.15) is 13.2 Å². The van der Waals surface area contributed by atoms with Crippen molar-refractivity contribution in [1.29, 1.82) is 0 Å². The lowest BCUT2D eigenvalue weighted by Crippen LogP contribution is -2.31. The third-order valence-electron chi connectivity index (χ3n) is 3.87. The Morgan fingerprint density at radius 2 is 2.00 bits per heavy atom. The molecule has 106 valence electrons. The Morgan fingerprint density at radius 1 is 1.32 bits per heavy atom. The number of hydrogen-bond donors (Lipinski definition) is 1. The van der Waals surface area contributed by atoms with Crippen molar-refractivity contribution in [3.8, 4) is 0 Å². The van der Waals surface area contributed by atoms with Gasteiger partial charge in [0.25, 0.3) is 0 Å². The van der Waals surface area contributed by atoms with Gasteiger partial charge in [0.05, 0.1) is 5.56 Å². The van der Waals surface area contributed by atoms with Crippen molar-refractivity contribution >= 4 is 21.6 Å². The second kappa shape index (κ2) is 5.00. The number of rotatable bonds is 2. The van der Waals surface area contributed by atoms with Crippen molar-refractivity contribution < 1.29 is 13.2 Å². The molecule has 1 saturated carbocycles. The first-order valence-corrected chi connectivity index (χ1v) is 7.13. The van der Waals surface area contributed by atoms with Crippen LogP contribution in [0, 0.1) is 5.41 Å². The Kier molecular flexibility index (Phi) is 3.87. The topological polar surface area (TPSA) is 12.0 Å². The maximum Gasteiger partial charge on any atom is 0.418 e. The molecule has 19 heavy (non-hydrogen) atoms. The molecule has 1 aliphatic carbocycles. The number of hydrogen-bond acceptors (Lipinski definition) is 1. The lowest BCUT2D eigenvalue weighted by molar-refractivity contribution is -0.137. The van der Waals surface area contributed by atoms with Crippen LogP contribution in [0.1, 0.15) is 38.7 Å². The lowest BCUT2D eigenvalue weighted by Gasteiger charge is -2.30. The van der Waals surface area contributed by atoms with Crippen molar-refractivity contribution in [3.05, 3.63) is 28.2 Å². The number of benzene rings is 1. The van der Waals surface area contributed by atoms with Crippen LogP contribution in [0.25, 0.3) is 0 Å². The van der Waals surface area contributed by atoms with Gasteiger partial charge in [-0.25, -0.2) is 0 Å². The summed E-state index contributed by atoms with van der Waals surface area (Å²) in [6.07, 6.45) is -1.32. The SMILES string of the molecule is CC1(C)CCCC1Nc1cc(Br)ccc1C(F)(F)F. The molecule has 0 saturated heterocycles. The molecule has 0 amide bonds. The molecule has 0 radical (unpaired) electrons. The fourth-order valence-corrected chi connectivity index (χ4v) is 3.03. The molecule has 1 fully saturated rings. The highest BCUT2D eigenvalue weighted by atomic mass is 79.9. The molecule has 1 atom stereocenters. The third kappa shape index (κ3) is 3.25. The summed E-state index contributed by atoms with van der Waals surface area (Å²) in [7, 11) is 0. The van der Waals surface area contributed by atoms with E-state index in [0.29, 0.717) is 4.47 Å². The fraction of sp³-hybridized carbons (Fsp3) is 0.571. The van der Waals surface area contributed by atoms with Gasteiger partial charge in [-0.1, -0.05) is 36.2 Å². The molecule has 1 nitrogen and oxygen atoms in total. The van der Waals surface area contributed by atoms with Crippen molar-refractivity contribution in [2.24, 2.45) is 5.41 Å². The molecule has 1 aromatic carbocycles. The number of halogens is 4. The minimum absolute atomic E-state index is 0.0329. The van der Waals surface area contributed by atoms with E-state index < -0.39 is 11.7 Å². The van der Waals surface area contributed by atoms with E-state index in [2.05, 4.69) is 35.1 Å².